The van der Waals surface area contributed by atoms with E-state index in [1.54, 1.807) is 12.1 Å². The maximum absolute atomic E-state index is 12.8. The second-order valence-electron chi connectivity index (χ2n) is 5.38. The summed E-state index contributed by atoms with van der Waals surface area (Å²) in [6.07, 6.45) is 6.41. The van der Waals surface area contributed by atoms with Crippen molar-refractivity contribution in [3.8, 4) is 0 Å². The molecule has 3 heteroatoms. The van der Waals surface area contributed by atoms with E-state index in [9.17, 15) is 9.50 Å². The lowest BCUT2D eigenvalue weighted by atomic mass is 9.94. The van der Waals surface area contributed by atoms with Gasteiger partial charge in [0.15, 0.2) is 0 Å². The molecule has 2 nitrogen and oxygen atoms in total. The molecule has 1 heterocycles. The largest absolute Gasteiger partial charge is 0.396 e. The molecule has 2 rings (SSSR count). The fraction of sp³-hybridized carbons (Fsp3) is 0.500. The van der Waals surface area contributed by atoms with Crippen LogP contribution in [-0.4, -0.2) is 35.7 Å². The van der Waals surface area contributed by atoms with Gasteiger partial charge in [-0.15, -0.1) is 0 Å². The van der Waals surface area contributed by atoms with E-state index < -0.39 is 0 Å². The van der Waals surface area contributed by atoms with Gasteiger partial charge in [-0.2, -0.15) is 0 Å². The van der Waals surface area contributed by atoms with E-state index in [0.717, 1.165) is 31.5 Å². The van der Waals surface area contributed by atoms with Gasteiger partial charge in [0.2, 0.25) is 0 Å². The highest BCUT2D eigenvalue weighted by atomic mass is 19.1. The maximum Gasteiger partial charge on any atom is 0.123 e. The molecule has 19 heavy (non-hydrogen) atoms. The van der Waals surface area contributed by atoms with Crippen molar-refractivity contribution in [2.75, 3.05) is 19.7 Å². The molecule has 1 fully saturated rings. The molecular formula is C16H22FNO. The SMILES string of the molecule is CC1CCC(CO)CN1C/C=C/c1ccc(F)cc1. The maximum atomic E-state index is 12.8. The Balaban J connectivity index is 1.88. The molecule has 0 radical (unpaired) electrons. The Bertz CT molecular complexity index is 415. The average Bonchev–Trinajstić information content (AvgIpc) is 2.43. The van der Waals surface area contributed by atoms with Crippen molar-refractivity contribution in [3.05, 3.63) is 41.7 Å². The van der Waals surface area contributed by atoms with Gasteiger partial charge in [-0.05, 0) is 43.4 Å². The first-order valence-corrected chi connectivity index (χ1v) is 6.96. The number of halogens is 1. The predicted octanol–water partition coefficient (Wildman–Crippen LogP) is 2.93. The summed E-state index contributed by atoms with van der Waals surface area (Å²) >= 11 is 0. The Labute approximate surface area is 114 Å². The van der Waals surface area contributed by atoms with E-state index in [4.69, 9.17) is 0 Å². The van der Waals surface area contributed by atoms with Crippen molar-refractivity contribution < 1.29 is 9.50 Å². The summed E-state index contributed by atoms with van der Waals surface area (Å²) in [5, 5.41) is 9.24. The highest BCUT2D eigenvalue weighted by Gasteiger charge is 2.23. The summed E-state index contributed by atoms with van der Waals surface area (Å²) in [6.45, 7) is 4.37. The lowest BCUT2D eigenvalue weighted by Gasteiger charge is -2.36. The van der Waals surface area contributed by atoms with E-state index in [-0.39, 0.29) is 12.4 Å². The van der Waals surface area contributed by atoms with Gasteiger partial charge in [0.05, 0.1) is 0 Å². The standard InChI is InChI=1S/C16H22FNO/c1-13-4-5-15(12-19)11-18(13)10-2-3-14-6-8-16(17)9-7-14/h2-3,6-9,13,15,19H,4-5,10-12H2,1H3/b3-2+. The molecule has 1 aliphatic heterocycles. The second-order valence-corrected chi connectivity index (χ2v) is 5.38. The van der Waals surface area contributed by atoms with Crippen molar-refractivity contribution in [1.82, 2.24) is 4.90 Å². The number of nitrogens with zero attached hydrogens (tertiary/aromatic N) is 1. The third-order valence-corrected chi connectivity index (χ3v) is 3.89. The molecule has 1 saturated heterocycles. The molecular weight excluding hydrogens is 241 g/mol. The highest BCUT2D eigenvalue weighted by Crippen LogP contribution is 2.21. The molecule has 1 aromatic rings. The number of aliphatic hydroxyl groups excluding tert-OH is 1. The topological polar surface area (TPSA) is 23.5 Å². The first-order valence-electron chi connectivity index (χ1n) is 6.96. The molecule has 1 aliphatic rings. The summed E-state index contributed by atoms with van der Waals surface area (Å²) in [6, 6.07) is 7.08. The van der Waals surface area contributed by atoms with Crippen LogP contribution in [0.2, 0.25) is 0 Å². The zero-order valence-electron chi connectivity index (χ0n) is 11.4. The minimum atomic E-state index is -0.201. The fourth-order valence-electron chi connectivity index (χ4n) is 2.56. The van der Waals surface area contributed by atoms with E-state index in [2.05, 4.69) is 17.9 Å². The molecule has 0 saturated carbocycles. The van der Waals surface area contributed by atoms with Gasteiger partial charge in [-0.1, -0.05) is 24.3 Å². The molecule has 1 N–H and O–H groups in total. The van der Waals surface area contributed by atoms with Crippen LogP contribution in [-0.2, 0) is 0 Å². The first kappa shape index (κ1) is 14.2. The van der Waals surface area contributed by atoms with Gasteiger partial charge < -0.3 is 5.11 Å². The highest BCUT2D eigenvalue weighted by molar-refractivity contribution is 5.48. The number of piperidine rings is 1. The van der Waals surface area contributed by atoms with Gasteiger partial charge in [-0.3, -0.25) is 4.90 Å². The van der Waals surface area contributed by atoms with Crippen molar-refractivity contribution in [1.29, 1.82) is 0 Å². The first-order chi connectivity index (χ1) is 9.19. The Morgan fingerprint density at radius 1 is 1.32 bits per heavy atom. The lowest BCUT2D eigenvalue weighted by molar-refractivity contribution is 0.0925. The quantitative estimate of drug-likeness (QED) is 0.903. The number of aliphatic hydroxyl groups is 1. The molecule has 0 bridgehead atoms. The molecule has 0 aromatic heterocycles. The molecule has 1 aromatic carbocycles. The Morgan fingerprint density at radius 2 is 2.05 bits per heavy atom. The summed E-state index contributed by atoms with van der Waals surface area (Å²) in [5.41, 5.74) is 1.02. The number of rotatable bonds is 4. The van der Waals surface area contributed by atoms with E-state index in [1.165, 1.54) is 12.1 Å². The van der Waals surface area contributed by atoms with E-state index >= 15 is 0 Å². The summed E-state index contributed by atoms with van der Waals surface area (Å²) in [4.78, 5) is 2.39. The Hall–Kier alpha value is -1.19. The summed E-state index contributed by atoms with van der Waals surface area (Å²) in [5.74, 6) is 0.211. The molecule has 0 amide bonds. The van der Waals surface area contributed by atoms with Crippen LogP contribution in [0.3, 0.4) is 0 Å². The van der Waals surface area contributed by atoms with Crippen LogP contribution >= 0.6 is 0 Å². The van der Waals surface area contributed by atoms with Crippen LogP contribution in [0.15, 0.2) is 30.3 Å². The number of benzene rings is 1. The minimum Gasteiger partial charge on any atom is -0.396 e. The number of likely N-dealkylation sites (tertiary alicyclic amines) is 1. The van der Waals surface area contributed by atoms with Crippen LogP contribution in [0.5, 0.6) is 0 Å². The normalized spacial score (nSPS) is 25.0. The summed E-state index contributed by atoms with van der Waals surface area (Å²) in [7, 11) is 0. The third-order valence-electron chi connectivity index (χ3n) is 3.89. The van der Waals surface area contributed by atoms with Gasteiger partial charge in [0.25, 0.3) is 0 Å². The van der Waals surface area contributed by atoms with Crippen LogP contribution in [0.1, 0.15) is 25.3 Å². The third kappa shape index (κ3) is 4.15. The van der Waals surface area contributed by atoms with Crippen molar-refractivity contribution in [2.45, 2.75) is 25.8 Å². The smallest absolute Gasteiger partial charge is 0.123 e. The molecule has 2 unspecified atom stereocenters. The average molecular weight is 263 g/mol. The second kappa shape index (κ2) is 6.83. The fourth-order valence-corrected chi connectivity index (χ4v) is 2.56. The lowest BCUT2D eigenvalue weighted by Crippen LogP contribution is -2.42. The van der Waals surface area contributed by atoms with Crippen LogP contribution in [0, 0.1) is 11.7 Å². The predicted molar refractivity (Wildman–Crippen MR) is 76.3 cm³/mol. The van der Waals surface area contributed by atoms with E-state index in [0.29, 0.717) is 12.0 Å². The van der Waals surface area contributed by atoms with Crippen molar-refractivity contribution in [3.63, 3.8) is 0 Å². The van der Waals surface area contributed by atoms with E-state index in [1.807, 2.05) is 6.08 Å². The minimum absolute atomic E-state index is 0.201. The molecule has 104 valence electrons. The molecule has 0 aliphatic carbocycles. The van der Waals surface area contributed by atoms with Gasteiger partial charge in [-0.25, -0.2) is 4.39 Å². The van der Waals surface area contributed by atoms with Crippen LogP contribution < -0.4 is 0 Å². The Morgan fingerprint density at radius 3 is 2.74 bits per heavy atom. The molecule has 2 atom stereocenters. The monoisotopic (exact) mass is 263 g/mol. The molecule has 0 spiro atoms. The van der Waals surface area contributed by atoms with Crippen LogP contribution in [0.25, 0.3) is 6.08 Å². The van der Waals surface area contributed by atoms with Crippen molar-refractivity contribution in [2.24, 2.45) is 5.92 Å². The van der Waals surface area contributed by atoms with Crippen LogP contribution in [0.4, 0.5) is 4.39 Å². The van der Waals surface area contributed by atoms with Gasteiger partial charge in [0.1, 0.15) is 5.82 Å². The number of hydrogen-bond acceptors (Lipinski definition) is 2. The zero-order chi connectivity index (χ0) is 13.7. The van der Waals surface area contributed by atoms with Gasteiger partial charge >= 0.3 is 0 Å². The summed E-state index contributed by atoms with van der Waals surface area (Å²) < 4.78 is 12.8. The zero-order valence-corrected chi connectivity index (χ0v) is 11.4. The number of hydrogen-bond donors (Lipinski definition) is 1. The van der Waals surface area contributed by atoms with Crippen molar-refractivity contribution >= 4 is 6.08 Å². The Kier molecular flexibility index (Phi) is 5.11. The van der Waals surface area contributed by atoms with Gasteiger partial charge in [0, 0.05) is 25.7 Å².